The predicted octanol–water partition coefficient (Wildman–Crippen LogP) is 4.07. The van der Waals surface area contributed by atoms with Gasteiger partial charge >= 0.3 is 0 Å². The molecule has 1 saturated heterocycles. The van der Waals surface area contributed by atoms with Crippen molar-refractivity contribution in [3.05, 3.63) is 24.5 Å². The summed E-state index contributed by atoms with van der Waals surface area (Å²) in [6, 6.07) is 5.28. The maximum atomic E-state index is 12.6. The Morgan fingerprint density at radius 3 is 2.97 bits per heavy atom. The number of carbonyl (C=O) groups is 1. The van der Waals surface area contributed by atoms with E-state index < -0.39 is 0 Å². The Bertz CT molecular complexity index is 1070. The van der Waals surface area contributed by atoms with Crippen LogP contribution in [0, 0.1) is 5.92 Å². The fourth-order valence-corrected chi connectivity index (χ4v) is 5.48. The van der Waals surface area contributed by atoms with Gasteiger partial charge in [0.05, 0.1) is 25.7 Å². The molecule has 1 amide bonds. The molecule has 1 N–H and O–H groups in total. The molecule has 3 heterocycles. The van der Waals surface area contributed by atoms with E-state index in [-0.39, 0.29) is 11.7 Å². The van der Waals surface area contributed by atoms with Gasteiger partial charge in [-0.05, 0) is 30.9 Å². The zero-order valence-electron chi connectivity index (χ0n) is 17.8. The first-order valence-corrected chi connectivity index (χ1v) is 11.9. The van der Waals surface area contributed by atoms with Crippen LogP contribution in [-0.4, -0.2) is 53.9 Å². The Morgan fingerprint density at radius 1 is 1.32 bits per heavy atom. The van der Waals surface area contributed by atoms with Crippen molar-refractivity contribution in [2.75, 3.05) is 43.3 Å². The average Bonchev–Trinajstić information content (AvgIpc) is 3.22. The standard InChI is InChI=1S/C21H25N5O3S2/c1-13-5-4-8-26(10-13)21-25-19-18(31-21)20(23-12-22-19)30-11-17(27)24-15-9-14(28-2)6-7-16(15)29-3/h6-7,9,12-13H,4-5,8,10-11H2,1-3H3,(H,24,27). The highest BCUT2D eigenvalue weighted by molar-refractivity contribution is 8.00. The summed E-state index contributed by atoms with van der Waals surface area (Å²) in [7, 11) is 3.14. The van der Waals surface area contributed by atoms with Crippen LogP contribution in [0.25, 0.3) is 10.3 Å². The second-order valence-corrected chi connectivity index (χ2v) is 9.37. The first kappa shape index (κ1) is 21.6. The quantitative estimate of drug-likeness (QED) is 0.418. The second kappa shape index (κ2) is 9.69. The van der Waals surface area contributed by atoms with Crippen molar-refractivity contribution in [3.63, 3.8) is 0 Å². The largest absolute Gasteiger partial charge is 0.497 e. The molecule has 164 valence electrons. The van der Waals surface area contributed by atoms with Crippen LogP contribution in [0.2, 0.25) is 0 Å². The molecule has 0 saturated carbocycles. The summed E-state index contributed by atoms with van der Waals surface area (Å²) in [5, 5.41) is 4.64. The molecule has 0 aliphatic carbocycles. The first-order valence-electron chi connectivity index (χ1n) is 10.1. The lowest BCUT2D eigenvalue weighted by Crippen LogP contribution is -2.34. The number of amides is 1. The molecule has 0 radical (unpaired) electrons. The summed E-state index contributed by atoms with van der Waals surface area (Å²) in [4.78, 5) is 28.4. The van der Waals surface area contributed by atoms with E-state index in [0.717, 1.165) is 27.9 Å². The molecule has 1 atom stereocenters. The van der Waals surface area contributed by atoms with E-state index in [2.05, 4.69) is 27.1 Å². The molecule has 1 unspecified atom stereocenters. The van der Waals surface area contributed by atoms with Gasteiger partial charge < -0.3 is 19.7 Å². The number of fused-ring (bicyclic) bond motifs is 1. The van der Waals surface area contributed by atoms with Crippen LogP contribution < -0.4 is 19.7 Å². The molecule has 4 rings (SSSR count). The molecule has 1 aliphatic rings. The molecule has 3 aromatic rings. The van der Waals surface area contributed by atoms with Crippen LogP contribution in [-0.2, 0) is 4.79 Å². The highest BCUT2D eigenvalue weighted by Gasteiger charge is 2.21. The summed E-state index contributed by atoms with van der Waals surface area (Å²) >= 11 is 2.98. The molecule has 10 heteroatoms. The van der Waals surface area contributed by atoms with Gasteiger partial charge in [0, 0.05) is 19.2 Å². The Balaban J connectivity index is 1.46. The van der Waals surface area contributed by atoms with Gasteiger partial charge in [-0.15, -0.1) is 0 Å². The van der Waals surface area contributed by atoms with Crippen molar-refractivity contribution >= 4 is 50.2 Å². The van der Waals surface area contributed by atoms with Crippen LogP contribution in [0.5, 0.6) is 11.5 Å². The van der Waals surface area contributed by atoms with E-state index in [9.17, 15) is 4.79 Å². The summed E-state index contributed by atoms with van der Waals surface area (Å²) in [6.45, 7) is 4.31. The number of rotatable bonds is 7. The maximum Gasteiger partial charge on any atom is 0.234 e. The van der Waals surface area contributed by atoms with Crippen molar-refractivity contribution in [1.82, 2.24) is 15.0 Å². The average molecular weight is 460 g/mol. The Labute approximate surface area is 189 Å². The minimum atomic E-state index is -0.155. The van der Waals surface area contributed by atoms with E-state index >= 15 is 0 Å². The van der Waals surface area contributed by atoms with E-state index in [1.807, 2.05) is 0 Å². The highest BCUT2D eigenvalue weighted by Crippen LogP contribution is 2.35. The maximum absolute atomic E-state index is 12.6. The van der Waals surface area contributed by atoms with Crippen LogP contribution in [0.3, 0.4) is 0 Å². The van der Waals surface area contributed by atoms with Crippen LogP contribution in [0.15, 0.2) is 29.6 Å². The minimum absolute atomic E-state index is 0.155. The molecule has 31 heavy (non-hydrogen) atoms. The van der Waals surface area contributed by atoms with Gasteiger partial charge in [-0.2, -0.15) is 4.98 Å². The fourth-order valence-electron chi connectivity index (χ4n) is 3.56. The topological polar surface area (TPSA) is 89.5 Å². The smallest absolute Gasteiger partial charge is 0.234 e. The third-order valence-corrected chi connectivity index (χ3v) is 7.33. The molecule has 1 fully saturated rings. The normalized spacial score (nSPS) is 16.4. The van der Waals surface area contributed by atoms with Gasteiger partial charge in [0.25, 0.3) is 0 Å². The number of nitrogens with one attached hydrogen (secondary N) is 1. The van der Waals surface area contributed by atoms with Gasteiger partial charge in [0.2, 0.25) is 5.91 Å². The predicted molar refractivity (Wildman–Crippen MR) is 125 cm³/mol. The number of piperidine rings is 1. The Morgan fingerprint density at radius 2 is 2.19 bits per heavy atom. The van der Waals surface area contributed by atoms with Crippen molar-refractivity contribution in [1.29, 1.82) is 0 Å². The van der Waals surface area contributed by atoms with Crippen molar-refractivity contribution in [2.24, 2.45) is 5.92 Å². The van der Waals surface area contributed by atoms with Crippen molar-refractivity contribution in [2.45, 2.75) is 24.8 Å². The number of thiazole rings is 1. The molecular formula is C21H25N5O3S2. The number of methoxy groups -OCH3 is 2. The van der Waals surface area contributed by atoms with Crippen molar-refractivity contribution in [3.8, 4) is 11.5 Å². The SMILES string of the molecule is COc1ccc(OC)c(NC(=O)CSc2ncnc3nc(N4CCCC(C)C4)sc23)c1. The third-order valence-electron chi connectivity index (χ3n) is 5.10. The number of hydrogen-bond acceptors (Lipinski definition) is 9. The van der Waals surface area contributed by atoms with E-state index in [1.165, 1.54) is 30.9 Å². The Hall–Kier alpha value is -2.59. The molecular weight excluding hydrogens is 434 g/mol. The molecule has 8 nitrogen and oxygen atoms in total. The molecule has 1 aromatic carbocycles. The van der Waals surface area contributed by atoms with Crippen LogP contribution >= 0.6 is 23.1 Å². The highest BCUT2D eigenvalue weighted by atomic mass is 32.2. The van der Waals surface area contributed by atoms with Gasteiger partial charge in [-0.3, -0.25) is 4.79 Å². The first-order chi connectivity index (χ1) is 15.1. The summed E-state index contributed by atoms with van der Waals surface area (Å²) < 4.78 is 11.5. The fraction of sp³-hybridized carbons (Fsp3) is 0.429. The van der Waals surface area contributed by atoms with E-state index in [1.54, 1.807) is 43.8 Å². The monoisotopic (exact) mass is 459 g/mol. The summed E-state index contributed by atoms with van der Waals surface area (Å²) in [5.41, 5.74) is 1.25. The molecule has 0 spiro atoms. The Kier molecular flexibility index (Phi) is 6.77. The van der Waals surface area contributed by atoms with Crippen molar-refractivity contribution < 1.29 is 14.3 Å². The lowest BCUT2D eigenvalue weighted by molar-refractivity contribution is -0.113. The third kappa shape index (κ3) is 5.01. The number of ether oxygens (including phenoxy) is 2. The molecule has 0 bridgehead atoms. The van der Waals surface area contributed by atoms with Gasteiger partial charge in [-0.1, -0.05) is 30.0 Å². The van der Waals surface area contributed by atoms with Crippen LogP contribution in [0.4, 0.5) is 10.8 Å². The summed E-state index contributed by atoms with van der Waals surface area (Å²) in [6.07, 6.45) is 3.95. The van der Waals surface area contributed by atoms with Gasteiger partial charge in [-0.25, -0.2) is 9.97 Å². The number of anilines is 2. The number of nitrogens with zero attached hydrogens (tertiary/aromatic N) is 4. The van der Waals surface area contributed by atoms with Gasteiger partial charge in [0.15, 0.2) is 10.8 Å². The molecule has 2 aromatic heterocycles. The minimum Gasteiger partial charge on any atom is -0.497 e. The lowest BCUT2D eigenvalue weighted by atomic mass is 10.0. The number of carbonyl (C=O) groups excluding carboxylic acids is 1. The summed E-state index contributed by atoms with van der Waals surface area (Å²) in [5.74, 6) is 1.94. The van der Waals surface area contributed by atoms with Crippen LogP contribution in [0.1, 0.15) is 19.8 Å². The zero-order valence-corrected chi connectivity index (χ0v) is 19.4. The van der Waals surface area contributed by atoms with E-state index in [4.69, 9.17) is 14.5 Å². The lowest BCUT2D eigenvalue weighted by Gasteiger charge is -2.30. The van der Waals surface area contributed by atoms with E-state index in [0.29, 0.717) is 28.8 Å². The second-order valence-electron chi connectivity index (χ2n) is 7.42. The number of aromatic nitrogens is 3. The van der Waals surface area contributed by atoms with Gasteiger partial charge in [0.1, 0.15) is 27.6 Å². The number of thioether (sulfide) groups is 1. The number of hydrogen-bond donors (Lipinski definition) is 1. The number of benzene rings is 1. The zero-order chi connectivity index (χ0) is 21.8. The molecule has 1 aliphatic heterocycles.